The number of Topliss-reactive ketones (excluding diaryl/α,β-unsaturated/α-hetero) is 1. The van der Waals surface area contributed by atoms with Crippen LogP contribution in [0.15, 0.2) is 24.5 Å². The number of anilines is 1. The minimum absolute atomic E-state index is 0.241. The first-order valence-electron chi connectivity index (χ1n) is 8.08. The fraction of sp³-hybridized carbons (Fsp3) is 0.471. The van der Waals surface area contributed by atoms with Gasteiger partial charge in [-0.2, -0.15) is 0 Å². The molecule has 3 heterocycles. The molecule has 1 aliphatic heterocycles. The molecule has 23 heavy (non-hydrogen) atoms. The van der Waals surface area contributed by atoms with Crippen molar-refractivity contribution in [1.82, 2.24) is 14.5 Å². The van der Waals surface area contributed by atoms with E-state index >= 15 is 0 Å². The standard InChI is InChI=1S/C17H23N5O/c1-13-11-15(14(2)20(13)3)16(23)12-21-7-9-22(10-8-21)17-18-5-4-6-19-17/h4-6,11H,7-10,12H2,1-3H3/p+1. The van der Waals surface area contributed by atoms with Crippen LogP contribution in [0.1, 0.15) is 21.7 Å². The maximum absolute atomic E-state index is 12.6. The molecule has 122 valence electrons. The summed E-state index contributed by atoms with van der Waals surface area (Å²) in [5.41, 5.74) is 3.06. The number of nitrogens with zero attached hydrogens (tertiary/aromatic N) is 4. The Morgan fingerprint density at radius 1 is 1.22 bits per heavy atom. The van der Waals surface area contributed by atoms with E-state index < -0.39 is 0 Å². The van der Waals surface area contributed by atoms with Crippen LogP contribution in [-0.4, -0.2) is 53.0 Å². The summed E-state index contributed by atoms with van der Waals surface area (Å²) in [6, 6.07) is 3.83. The van der Waals surface area contributed by atoms with Crippen molar-refractivity contribution in [3.63, 3.8) is 0 Å². The number of nitrogens with one attached hydrogen (secondary N) is 1. The number of ketones is 1. The van der Waals surface area contributed by atoms with E-state index in [4.69, 9.17) is 0 Å². The van der Waals surface area contributed by atoms with Crippen molar-refractivity contribution in [2.24, 2.45) is 7.05 Å². The van der Waals surface area contributed by atoms with E-state index in [-0.39, 0.29) is 5.78 Å². The van der Waals surface area contributed by atoms with Crippen LogP contribution in [0.2, 0.25) is 0 Å². The first-order chi connectivity index (χ1) is 11.1. The predicted octanol–water partition coefficient (Wildman–Crippen LogP) is 0.0197. The highest BCUT2D eigenvalue weighted by Gasteiger charge is 2.25. The van der Waals surface area contributed by atoms with Crippen LogP contribution in [0.4, 0.5) is 5.95 Å². The molecule has 1 fully saturated rings. The molecule has 6 heteroatoms. The normalized spacial score (nSPS) is 15.9. The highest BCUT2D eigenvalue weighted by molar-refractivity contribution is 5.98. The van der Waals surface area contributed by atoms with Crippen LogP contribution in [0.3, 0.4) is 0 Å². The Balaban J connectivity index is 1.58. The lowest BCUT2D eigenvalue weighted by Crippen LogP contribution is -3.15. The van der Waals surface area contributed by atoms with Crippen LogP contribution in [0.5, 0.6) is 0 Å². The maximum atomic E-state index is 12.6. The second-order valence-electron chi connectivity index (χ2n) is 6.23. The van der Waals surface area contributed by atoms with Crippen molar-refractivity contribution in [2.45, 2.75) is 13.8 Å². The molecule has 0 spiro atoms. The van der Waals surface area contributed by atoms with Gasteiger partial charge in [0, 0.05) is 36.4 Å². The van der Waals surface area contributed by atoms with Gasteiger partial charge in [0.15, 0.2) is 0 Å². The number of aryl methyl sites for hydroxylation is 1. The monoisotopic (exact) mass is 314 g/mol. The summed E-state index contributed by atoms with van der Waals surface area (Å²) in [6.45, 7) is 8.27. The summed E-state index contributed by atoms with van der Waals surface area (Å²) >= 11 is 0. The van der Waals surface area contributed by atoms with E-state index in [1.165, 1.54) is 4.90 Å². The van der Waals surface area contributed by atoms with Gasteiger partial charge in [-0.25, -0.2) is 9.97 Å². The minimum atomic E-state index is 0.241. The third kappa shape index (κ3) is 3.27. The third-order valence-electron chi connectivity index (χ3n) is 4.79. The van der Waals surface area contributed by atoms with Gasteiger partial charge in [0.2, 0.25) is 11.7 Å². The van der Waals surface area contributed by atoms with Gasteiger partial charge in [0.05, 0.1) is 26.2 Å². The molecule has 2 aromatic heterocycles. The van der Waals surface area contributed by atoms with E-state index in [9.17, 15) is 4.79 Å². The van der Waals surface area contributed by atoms with Gasteiger partial charge in [-0.15, -0.1) is 0 Å². The number of quaternary nitrogens is 1. The number of hydrogen-bond donors (Lipinski definition) is 1. The highest BCUT2D eigenvalue weighted by Crippen LogP contribution is 2.13. The third-order valence-corrected chi connectivity index (χ3v) is 4.79. The zero-order valence-electron chi connectivity index (χ0n) is 14.0. The fourth-order valence-electron chi connectivity index (χ4n) is 3.11. The molecule has 0 radical (unpaired) electrons. The van der Waals surface area contributed by atoms with Crippen LogP contribution in [-0.2, 0) is 7.05 Å². The SMILES string of the molecule is Cc1cc(C(=O)C[NH+]2CCN(c3ncccn3)CC2)c(C)n1C. The van der Waals surface area contributed by atoms with Crippen molar-refractivity contribution in [2.75, 3.05) is 37.6 Å². The Kier molecular flexibility index (Phi) is 4.43. The van der Waals surface area contributed by atoms with Crippen LogP contribution in [0.25, 0.3) is 0 Å². The average Bonchev–Trinajstić information content (AvgIpc) is 2.84. The zero-order valence-corrected chi connectivity index (χ0v) is 14.0. The highest BCUT2D eigenvalue weighted by atomic mass is 16.1. The molecule has 3 rings (SSSR count). The Morgan fingerprint density at radius 2 is 1.87 bits per heavy atom. The van der Waals surface area contributed by atoms with Gasteiger partial charge in [0.1, 0.15) is 6.54 Å². The fourth-order valence-corrected chi connectivity index (χ4v) is 3.11. The van der Waals surface area contributed by atoms with Gasteiger partial charge in [-0.05, 0) is 26.0 Å². The number of carbonyl (C=O) groups excluding carboxylic acids is 1. The Morgan fingerprint density at radius 3 is 2.43 bits per heavy atom. The van der Waals surface area contributed by atoms with E-state index in [1.54, 1.807) is 12.4 Å². The van der Waals surface area contributed by atoms with E-state index in [0.717, 1.165) is 49.1 Å². The summed E-state index contributed by atoms with van der Waals surface area (Å²) in [7, 11) is 2.01. The van der Waals surface area contributed by atoms with Crippen molar-refractivity contribution in [1.29, 1.82) is 0 Å². The number of piperazine rings is 1. The molecule has 0 bridgehead atoms. The van der Waals surface area contributed by atoms with Gasteiger partial charge >= 0.3 is 0 Å². The molecule has 2 aromatic rings. The molecule has 0 aromatic carbocycles. The second kappa shape index (κ2) is 6.50. The molecule has 0 aliphatic carbocycles. The molecule has 0 unspecified atom stereocenters. The quantitative estimate of drug-likeness (QED) is 0.809. The molecule has 1 saturated heterocycles. The number of aromatic nitrogens is 3. The van der Waals surface area contributed by atoms with Crippen molar-refractivity contribution >= 4 is 11.7 Å². The topological polar surface area (TPSA) is 55.5 Å². The molecular formula is C17H24N5O+. The molecule has 0 saturated carbocycles. The Labute approximate surface area is 136 Å². The molecule has 0 amide bonds. The van der Waals surface area contributed by atoms with Crippen molar-refractivity contribution in [3.05, 3.63) is 41.5 Å². The predicted molar refractivity (Wildman–Crippen MR) is 89.0 cm³/mol. The second-order valence-corrected chi connectivity index (χ2v) is 6.23. The lowest BCUT2D eigenvalue weighted by atomic mass is 10.1. The lowest BCUT2D eigenvalue weighted by molar-refractivity contribution is -0.892. The molecule has 6 nitrogen and oxygen atoms in total. The van der Waals surface area contributed by atoms with E-state index in [0.29, 0.717) is 6.54 Å². The summed E-state index contributed by atoms with van der Waals surface area (Å²) in [5, 5.41) is 0. The van der Waals surface area contributed by atoms with Crippen molar-refractivity contribution < 1.29 is 9.69 Å². The van der Waals surface area contributed by atoms with E-state index in [1.807, 2.05) is 33.0 Å². The Hall–Kier alpha value is -2.21. The largest absolute Gasteiger partial charge is 0.351 e. The smallest absolute Gasteiger partial charge is 0.225 e. The molecule has 0 atom stereocenters. The number of carbonyl (C=O) groups is 1. The van der Waals surface area contributed by atoms with Gasteiger partial charge in [0.25, 0.3) is 0 Å². The molecule has 1 N–H and O–H groups in total. The number of hydrogen-bond acceptors (Lipinski definition) is 4. The Bertz CT molecular complexity index is 687. The lowest BCUT2D eigenvalue weighted by Gasteiger charge is -2.31. The average molecular weight is 314 g/mol. The first kappa shape index (κ1) is 15.7. The summed E-state index contributed by atoms with van der Waals surface area (Å²) in [5.74, 6) is 1.03. The van der Waals surface area contributed by atoms with E-state index in [2.05, 4.69) is 19.4 Å². The number of rotatable bonds is 4. The van der Waals surface area contributed by atoms with Crippen LogP contribution in [0, 0.1) is 13.8 Å². The molecular weight excluding hydrogens is 290 g/mol. The summed E-state index contributed by atoms with van der Waals surface area (Å²) in [4.78, 5) is 24.7. The van der Waals surface area contributed by atoms with Crippen molar-refractivity contribution in [3.8, 4) is 0 Å². The van der Waals surface area contributed by atoms with Crippen LogP contribution < -0.4 is 9.80 Å². The molecule has 1 aliphatic rings. The van der Waals surface area contributed by atoms with Gasteiger partial charge in [-0.1, -0.05) is 0 Å². The first-order valence-corrected chi connectivity index (χ1v) is 8.08. The van der Waals surface area contributed by atoms with Gasteiger partial charge in [-0.3, -0.25) is 4.79 Å². The summed E-state index contributed by atoms with van der Waals surface area (Å²) in [6.07, 6.45) is 3.54. The van der Waals surface area contributed by atoms with Gasteiger partial charge < -0.3 is 14.4 Å². The maximum Gasteiger partial charge on any atom is 0.225 e. The summed E-state index contributed by atoms with van der Waals surface area (Å²) < 4.78 is 2.08. The zero-order chi connectivity index (χ0) is 16.4. The van der Waals surface area contributed by atoms with Crippen LogP contribution >= 0.6 is 0 Å². The minimum Gasteiger partial charge on any atom is -0.351 e.